The van der Waals surface area contributed by atoms with Crippen LogP contribution >= 0.6 is 0 Å². The van der Waals surface area contributed by atoms with Crippen LogP contribution in [0.5, 0.6) is 0 Å². The molecule has 1 saturated heterocycles. The molecule has 4 rings (SSSR count). The number of hydrogen-bond donors (Lipinski definition) is 1. The molecule has 0 amide bonds. The van der Waals surface area contributed by atoms with E-state index in [2.05, 4.69) is 4.72 Å². The molecule has 3 aliphatic rings. The number of nitrogens with one attached hydrogen (secondary N) is 1. The topological polar surface area (TPSA) is 83.6 Å². The summed E-state index contributed by atoms with van der Waals surface area (Å²) in [5.74, 6) is 0. The number of piperidine rings is 1. The smallest absolute Gasteiger partial charge is 0.212 e. The Bertz CT molecular complexity index is 840. The van der Waals surface area contributed by atoms with Gasteiger partial charge in [0.05, 0.1) is 10.1 Å². The second kappa shape index (κ2) is 6.04. The zero-order chi connectivity index (χ0) is 17.7. The lowest BCUT2D eigenvalue weighted by atomic mass is 9.60. The fraction of sp³-hybridized carbons (Fsp3) is 0.647. The van der Waals surface area contributed by atoms with E-state index in [-0.39, 0.29) is 21.6 Å². The first-order chi connectivity index (χ1) is 11.8. The number of benzene rings is 1. The lowest BCUT2D eigenvalue weighted by molar-refractivity contribution is 0.0239. The lowest BCUT2D eigenvalue weighted by Gasteiger charge is -2.53. The molecule has 1 N–H and O–H groups in total. The minimum absolute atomic E-state index is 0.0859. The minimum atomic E-state index is -3.52. The second-order valence-corrected chi connectivity index (χ2v) is 11.5. The third-order valence-corrected chi connectivity index (χ3v) is 9.93. The molecule has 1 atom stereocenters. The quantitative estimate of drug-likeness (QED) is 0.838. The zero-order valence-corrected chi connectivity index (χ0v) is 15.7. The molecule has 0 bridgehead atoms. The van der Waals surface area contributed by atoms with Crippen molar-refractivity contribution >= 4 is 20.0 Å². The monoisotopic (exact) mass is 384 g/mol. The van der Waals surface area contributed by atoms with Crippen molar-refractivity contribution in [1.82, 2.24) is 9.03 Å². The highest BCUT2D eigenvalue weighted by atomic mass is 32.2. The van der Waals surface area contributed by atoms with Gasteiger partial charge in [0, 0.05) is 19.1 Å². The van der Waals surface area contributed by atoms with Gasteiger partial charge in [0.25, 0.3) is 0 Å². The normalized spacial score (nSPS) is 27.1. The predicted molar refractivity (Wildman–Crippen MR) is 95.0 cm³/mol. The van der Waals surface area contributed by atoms with E-state index in [1.807, 2.05) is 0 Å². The van der Waals surface area contributed by atoms with Gasteiger partial charge in [-0.1, -0.05) is 18.2 Å². The van der Waals surface area contributed by atoms with Gasteiger partial charge in [-0.2, -0.15) is 0 Å². The summed E-state index contributed by atoms with van der Waals surface area (Å²) in [6, 6.07) is 8.32. The Balaban J connectivity index is 1.43. The minimum Gasteiger partial charge on any atom is -0.212 e. The second-order valence-electron chi connectivity index (χ2n) is 7.53. The van der Waals surface area contributed by atoms with Crippen LogP contribution in [-0.2, 0) is 20.0 Å². The van der Waals surface area contributed by atoms with E-state index in [9.17, 15) is 16.8 Å². The van der Waals surface area contributed by atoms with Gasteiger partial charge in [0.1, 0.15) is 0 Å². The average molecular weight is 385 g/mol. The molecule has 6 nitrogen and oxygen atoms in total. The average Bonchev–Trinajstić information content (AvgIpc) is 3.45. The van der Waals surface area contributed by atoms with Crippen LogP contribution in [0.1, 0.15) is 38.5 Å². The highest BCUT2D eigenvalue weighted by Crippen LogP contribution is 2.50. The van der Waals surface area contributed by atoms with E-state index < -0.39 is 20.0 Å². The number of nitrogens with zero attached hydrogens (tertiary/aromatic N) is 1. The lowest BCUT2D eigenvalue weighted by Crippen LogP contribution is -2.59. The van der Waals surface area contributed by atoms with Crippen molar-refractivity contribution in [2.75, 3.05) is 13.1 Å². The van der Waals surface area contributed by atoms with Crippen LogP contribution in [0.2, 0.25) is 0 Å². The number of sulfonamides is 2. The van der Waals surface area contributed by atoms with Crippen LogP contribution in [0.25, 0.3) is 0 Å². The molecule has 1 spiro atoms. The molecule has 8 heteroatoms. The summed E-state index contributed by atoms with van der Waals surface area (Å²) < 4.78 is 54.4. The summed E-state index contributed by atoms with van der Waals surface area (Å²) in [6.45, 7) is 1.03. The van der Waals surface area contributed by atoms with Crippen LogP contribution < -0.4 is 4.72 Å². The summed E-state index contributed by atoms with van der Waals surface area (Å²) in [4.78, 5) is 0.283. The third-order valence-electron chi connectivity index (χ3n) is 6.04. The number of hydrogen-bond acceptors (Lipinski definition) is 4. The fourth-order valence-corrected chi connectivity index (χ4v) is 7.34. The third kappa shape index (κ3) is 3.13. The van der Waals surface area contributed by atoms with Crippen LogP contribution in [-0.4, -0.2) is 45.5 Å². The van der Waals surface area contributed by atoms with Gasteiger partial charge < -0.3 is 0 Å². The zero-order valence-electron chi connectivity index (χ0n) is 14.1. The Hall–Kier alpha value is -0.960. The van der Waals surface area contributed by atoms with Crippen molar-refractivity contribution in [3.63, 3.8) is 0 Å². The van der Waals surface area contributed by atoms with Gasteiger partial charge >= 0.3 is 0 Å². The van der Waals surface area contributed by atoms with Gasteiger partial charge in [-0.3, -0.25) is 0 Å². The van der Waals surface area contributed by atoms with Crippen molar-refractivity contribution < 1.29 is 16.8 Å². The Morgan fingerprint density at radius 1 is 0.920 bits per heavy atom. The van der Waals surface area contributed by atoms with E-state index in [0.29, 0.717) is 13.1 Å². The van der Waals surface area contributed by atoms with Crippen LogP contribution in [0, 0.1) is 5.41 Å². The molecule has 1 aromatic carbocycles. The largest absolute Gasteiger partial charge is 0.240 e. The van der Waals surface area contributed by atoms with Crippen LogP contribution in [0.15, 0.2) is 35.2 Å². The van der Waals surface area contributed by atoms with Crippen LogP contribution in [0.4, 0.5) is 0 Å². The fourth-order valence-electron chi connectivity index (χ4n) is 4.10. The first-order valence-corrected chi connectivity index (χ1v) is 11.9. The maximum Gasteiger partial charge on any atom is 0.240 e. The van der Waals surface area contributed by atoms with Gasteiger partial charge in [0.2, 0.25) is 20.0 Å². The highest BCUT2D eigenvalue weighted by molar-refractivity contribution is 7.90. The molecule has 0 radical (unpaired) electrons. The van der Waals surface area contributed by atoms with E-state index in [4.69, 9.17) is 0 Å². The Labute approximate surface area is 149 Å². The Kier molecular flexibility index (Phi) is 4.22. The van der Waals surface area contributed by atoms with Crippen molar-refractivity contribution in [3.8, 4) is 0 Å². The summed E-state index contributed by atoms with van der Waals surface area (Å²) in [6.07, 6.45) is 4.82. The van der Waals surface area contributed by atoms with Crippen molar-refractivity contribution in [2.24, 2.45) is 5.41 Å². The molecule has 3 fully saturated rings. The SMILES string of the molecule is O=S(=O)(N[C@H]1CCC12CCN(S(=O)(=O)C1CC1)CC2)c1ccccc1. The summed E-state index contributed by atoms with van der Waals surface area (Å²) >= 11 is 0. The van der Waals surface area contributed by atoms with E-state index in [1.54, 1.807) is 34.6 Å². The number of rotatable bonds is 5. The van der Waals surface area contributed by atoms with Crippen LogP contribution in [0.3, 0.4) is 0 Å². The predicted octanol–water partition coefficient (Wildman–Crippen LogP) is 1.70. The first kappa shape index (κ1) is 17.5. The molecular formula is C17H24N2O4S2. The molecule has 2 saturated carbocycles. The van der Waals surface area contributed by atoms with E-state index in [1.165, 1.54) is 0 Å². The van der Waals surface area contributed by atoms with Crippen molar-refractivity contribution in [2.45, 2.75) is 54.7 Å². The summed E-state index contributed by atoms with van der Waals surface area (Å²) in [7, 11) is -6.65. The maximum atomic E-state index is 12.6. The molecule has 138 valence electrons. The first-order valence-electron chi connectivity index (χ1n) is 8.90. The molecule has 1 heterocycles. The molecule has 1 aliphatic heterocycles. The van der Waals surface area contributed by atoms with Crippen molar-refractivity contribution in [3.05, 3.63) is 30.3 Å². The molecule has 0 unspecified atom stereocenters. The highest BCUT2D eigenvalue weighted by Gasteiger charge is 2.52. The molecule has 2 aliphatic carbocycles. The molecule has 0 aromatic heterocycles. The van der Waals surface area contributed by atoms with Gasteiger partial charge in [0.15, 0.2) is 0 Å². The Morgan fingerprint density at radius 3 is 2.08 bits per heavy atom. The van der Waals surface area contributed by atoms with Gasteiger partial charge in [-0.15, -0.1) is 0 Å². The standard InChI is InChI=1S/C17H24N2O4S2/c20-24(21,14-4-2-1-3-5-14)18-16-8-9-17(16)10-12-19(13-11-17)25(22,23)15-6-7-15/h1-5,15-16,18H,6-13H2/t16-/m0/s1. The van der Waals surface area contributed by atoms with Gasteiger partial charge in [-0.25, -0.2) is 25.9 Å². The van der Waals surface area contributed by atoms with Gasteiger partial charge in [-0.05, 0) is 56.1 Å². The molecule has 25 heavy (non-hydrogen) atoms. The molecule has 1 aromatic rings. The van der Waals surface area contributed by atoms with Crippen molar-refractivity contribution in [1.29, 1.82) is 0 Å². The van der Waals surface area contributed by atoms with E-state index in [0.717, 1.165) is 38.5 Å². The summed E-state index contributed by atoms with van der Waals surface area (Å²) in [5.41, 5.74) is -0.0859. The van der Waals surface area contributed by atoms with E-state index >= 15 is 0 Å². The Morgan fingerprint density at radius 2 is 1.56 bits per heavy atom. The maximum absolute atomic E-state index is 12.6. The molecular weight excluding hydrogens is 360 g/mol. The summed E-state index contributed by atoms with van der Waals surface area (Å²) in [5, 5.41) is -0.171.